The highest BCUT2D eigenvalue weighted by atomic mass is 32.2. The fourth-order valence-electron chi connectivity index (χ4n) is 0.569. The van der Waals surface area contributed by atoms with Crippen molar-refractivity contribution in [3.63, 3.8) is 0 Å². The Labute approximate surface area is 78.3 Å². The van der Waals surface area contributed by atoms with Gasteiger partial charge in [-0.2, -0.15) is 0 Å². The average molecular weight is 206 g/mol. The Hall–Kier alpha value is -0.880. The van der Waals surface area contributed by atoms with Gasteiger partial charge in [-0.25, -0.2) is 8.42 Å². The molecule has 0 rings (SSSR count). The van der Waals surface area contributed by atoms with Gasteiger partial charge in [0, 0.05) is 6.54 Å². The first-order valence-electron chi connectivity index (χ1n) is 3.86. The van der Waals surface area contributed by atoms with Crippen LogP contribution in [0.4, 0.5) is 0 Å². The molecule has 0 atom stereocenters. The molecule has 0 aromatic heterocycles. The molecule has 0 heterocycles. The molecule has 76 valence electrons. The maximum Gasteiger partial charge on any atom is 0.247 e. The zero-order chi connectivity index (χ0) is 10.3. The standard InChI is InChI=1S/C7H14N2O3S/c1-3-5-8-6-7(10)9-13(11,12)4-2/h3,8H,1,4-6H2,2H3,(H,9,10). The van der Waals surface area contributed by atoms with Gasteiger partial charge in [0.15, 0.2) is 0 Å². The van der Waals surface area contributed by atoms with E-state index in [9.17, 15) is 13.2 Å². The van der Waals surface area contributed by atoms with E-state index in [1.54, 1.807) is 6.08 Å². The molecule has 0 spiro atoms. The number of carbonyl (C=O) groups excluding carboxylic acids is 1. The van der Waals surface area contributed by atoms with Crippen molar-refractivity contribution in [1.29, 1.82) is 0 Å². The predicted octanol–water partition coefficient (Wildman–Crippen LogP) is -0.772. The van der Waals surface area contributed by atoms with Crippen LogP contribution >= 0.6 is 0 Å². The molecule has 5 nitrogen and oxygen atoms in total. The lowest BCUT2D eigenvalue weighted by atomic mass is 10.5. The lowest BCUT2D eigenvalue weighted by Crippen LogP contribution is -2.38. The van der Waals surface area contributed by atoms with Crippen LogP contribution < -0.4 is 10.0 Å². The summed E-state index contributed by atoms with van der Waals surface area (Å²) >= 11 is 0. The Morgan fingerprint density at radius 2 is 2.15 bits per heavy atom. The molecule has 0 radical (unpaired) electrons. The van der Waals surface area contributed by atoms with Gasteiger partial charge >= 0.3 is 0 Å². The summed E-state index contributed by atoms with van der Waals surface area (Å²) in [6, 6.07) is 0. The Morgan fingerprint density at radius 1 is 1.54 bits per heavy atom. The molecule has 6 heteroatoms. The first-order chi connectivity index (χ1) is 6.02. The summed E-state index contributed by atoms with van der Waals surface area (Å²) in [5.41, 5.74) is 0. The summed E-state index contributed by atoms with van der Waals surface area (Å²) in [4.78, 5) is 10.9. The predicted molar refractivity (Wildman–Crippen MR) is 50.7 cm³/mol. The summed E-state index contributed by atoms with van der Waals surface area (Å²) in [6.45, 7) is 5.35. The van der Waals surface area contributed by atoms with E-state index in [1.165, 1.54) is 6.92 Å². The minimum Gasteiger partial charge on any atom is -0.305 e. The quantitative estimate of drug-likeness (QED) is 0.442. The number of hydrogen-bond donors (Lipinski definition) is 2. The van der Waals surface area contributed by atoms with Crippen molar-refractivity contribution in [3.8, 4) is 0 Å². The van der Waals surface area contributed by atoms with Crippen LogP contribution in [0.3, 0.4) is 0 Å². The van der Waals surface area contributed by atoms with Crippen LogP contribution in [0, 0.1) is 0 Å². The third-order valence-corrected chi connectivity index (χ3v) is 2.52. The molecule has 2 N–H and O–H groups in total. The van der Waals surface area contributed by atoms with Crippen molar-refractivity contribution < 1.29 is 13.2 Å². The topological polar surface area (TPSA) is 75.3 Å². The van der Waals surface area contributed by atoms with Crippen LogP contribution in [-0.4, -0.2) is 33.2 Å². The van der Waals surface area contributed by atoms with E-state index >= 15 is 0 Å². The van der Waals surface area contributed by atoms with Crippen LogP contribution in [0.25, 0.3) is 0 Å². The third kappa shape index (κ3) is 6.30. The first kappa shape index (κ1) is 12.1. The third-order valence-electron chi connectivity index (χ3n) is 1.22. The van der Waals surface area contributed by atoms with Crippen LogP contribution in [0.2, 0.25) is 0 Å². The smallest absolute Gasteiger partial charge is 0.247 e. The normalized spacial score (nSPS) is 10.8. The second kappa shape index (κ2) is 5.71. The number of nitrogens with one attached hydrogen (secondary N) is 2. The molecule has 1 amide bonds. The van der Waals surface area contributed by atoms with Gasteiger partial charge in [-0.3, -0.25) is 9.52 Å². The van der Waals surface area contributed by atoms with Crippen LogP contribution in [-0.2, 0) is 14.8 Å². The second-order valence-corrected chi connectivity index (χ2v) is 4.36. The summed E-state index contributed by atoms with van der Waals surface area (Å²) in [7, 11) is -3.42. The van der Waals surface area contributed by atoms with Gasteiger partial charge in [0.1, 0.15) is 0 Å². The minimum atomic E-state index is -3.42. The van der Waals surface area contributed by atoms with Gasteiger partial charge in [0.25, 0.3) is 0 Å². The van der Waals surface area contributed by atoms with Gasteiger partial charge in [0.2, 0.25) is 15.9 Å². The van der Waals surface area contributed by atoms with Gasteiger partial charge in [-0.15, -0.1) is 6.58 Å². The highest BCUT2D eigenvalue weighted by molar-refractivity contribution is 7.90. The van der Waals surface area contributed by atoms with E-state index < -0.39 is 15.9 Å². The number of carbonyl (C=O) groups is 1. The molecule has 0 unspecified atom stereocenters. The number of sulfonamides is 1. The van der Waals surface area contributed by atoms with Crippen molar-refractivity contribution in [2.75, 3.05) is 18.8 Å². The molecule has 0 aliphatic heterocycles. The van der Waals surface area contributed by atoms with Crippen molar-refractivity contribution >= 4 is 15.9 Å². The Morgan fingerprint density at radius 3 is 2.62 bits per heavy atom. The molecule has 0 saturated heterocycles. The van der Waals surface area contributed by atoms with E-state index in [4.69, 9.17) is 0 Å². The summed E-state index contributed by atoms with van der Waals surface area (Å²) < 4.78 is 23.6. The van der Waals surface area contributed by atoms with E-state index in [1.807, 2.05) is 4.72 Å². The Kier molecular flexibility index (Phi) is 5.33. The Bertz CT molecular complexity index is 271. The molecular formula is C7H14N2O3S. The molecule has 0 aliphatic rings. The van der Waals surface area contributed by atoms with Gasteiger partial charge in [0.05, 0.1) is 12.3 Å². The van der Waals surface area contributed by atoms with Crippen LogP contribution in [0.15, 0.2) is 12.7 Å². The highest BCUT2D eigenvalue weighted by Gasteiger charge is 2.10. The first-order valence-corrected chi connectivity index (χ1v) is 5.52. The van der Waals surface area contributed by atoms with Crippen molar-refractivity contribution in [3.05, 3.63) is 12.7 Å². The molecule has 13 heavy (non-hydrogen) atoms. The molecule has 0 bridgehead atoms. The van der Waals surface area contributed by atoms with E-state index in [0.717, 1.165) is 0 Å². The maximum atomic E-state index is 10.9. The van der Waals surface area contributed by atoms with Crippen molar-refractivity contribution in [2.24, 2.45) is 0 Å². The summed E-state index contributed by atoms with van der Waals surface area (Å²) in [6.07, 6.45) is 1.58. The van der Waals surface area contributed by atoms with Crippen LogP contribution in [0.1, 0.15) is 6.92 Å². The highest BCUT2D eigenvalue weighted by Crippen LogP contribution is 1.81. The fourth-order valence-corrected chi connectivity index (χ4v) is 1.13. The summed E-state index contributed by atoms with van der Waals surface area (Å²) in [5.74, 6) is -0.649. The zero-order valence-corrected chi connectivity index (χ0v) is 8.36. The lowest BCUT2D eigenvalue weighted by molar-refractivity contribution is -0.118. The maximum absolute atomic E-state index is 10.9. The number of rotatable bonds is 6. The van der Waals surface area contributed by atoms with Gasteiger partial charge in [-0.05, 0) is 6.92 Å². The Balaban J connectivity index is 3.81. The van der Waals surface area contributed by atoms with E-state index in [-0.39, 0.29) is 12.3 Å². The zero-order valence-electron chi connectivity index (χ0n) is 7.54. The van der Waals surface area contributed by atoms with Crippen molar-refractivity contribution in [1.82, 2.24) is 10.0 Å². The fraction of sp³-hybridized carbons (Fsp3) is 0.571. The monoisotopic (exact) mass is 206 g/mol. The SMILES string of the molecule is C=CCNCC(=O)NS(=O)(=O)CC. The van der Waals surface area contributed by atoms with Gasteiger partial charge < -0.3 is 5.32 Å². The second-order valence-electron chi connectivity index (χ2n) is 2.35. The molecular weight excluding hydrogens is 192 g/mol. The number of amides is 1. The minimum absolute atomic E-state index is 0.0226. The molecule has 0 fully saturated rings. The molecule has 0 aliphatic carbocycles. The van der Waals surface area contributed by atoms with Crippen LogP contribution in [0.5, 0.6) is 0 Å². The summed E-state index contributed by atoms with van der Waals surface area (Å²) in [5, 5.41) is 2.69. The number of hydrogen-bond acceptors (Lipinski definition) is 4. The molecule has 0 saturated carbocycles. The molecule has 0 aromatic carbocycles. The largest absolute Gasteiger partial charge is 0.305 e. The molecule has 0 aromatic rings. The van der Waals surface area contributed by atoms with E-state index in [2.05, 4.69) is 11.9 Å². The van der Waals surface area contributed by atoms with Gasteiger partial charge in [-0.1, -0.05) is 6.08 Å². The van der Waals surface area contributed by atoms with Crippen molar-refractivity contribution in [2.45, 2.75) is 6.92 Å². The lowest BCUT2D eigenvalue weighted by Gasteiger charge is -2.04. The van der Waals surface area contributed by atoms with E-state index in [0.29, 0.717) is 6.54 Å². The average Bonchev–Trinajstić information content (AvgIpc) is 2.04.